The van der Waals surface area contributed by atoms with Crippen molar-refractivity contribution >= 4 is 59.8 Å². The van der Waals surface area contributed by atoms with Crippen LogP contribution in [-0.4, -0.2) is 79.7 Å². The van der Waals surface area contributed by atoms with E-state index in [4.69, 9.17) is 9.47 Å². The summed E-state index contributed by atoms with van der Waals surface area (Å²) in [6.07, 6.45) is 0.355. The van der Waals surface area contributed by atoms with Crippen molar-refractivity contribution in [1.82, 2.24) is 4.90 Å². The number of anilines is 3. The van der Waals surface area contributed by atoms with E-state index in [0.29, 0.717) is 48.4 Å². The lowest BCUT2D eigenvalue weighted by Gasteiger charge is -2.33. The van der Waals surface area contributed by atoms with Gasteiger partial charge in [0.15, 0.2) is 13.9 Å². The summed E-state index contributed by atoms with van der Waals surface area (Å²) in [5.41, 5.74) is 1.97. The van der Waals surface area contributed by atoms with Gasteiger partial charge in [-0.05, 0) is 67.2 Å². The number of amides is 3. The topological polar surface area (TPSA) is 137 Å². The Morgan fingerprint density at radius 2 is 1.70 bits per heavy atom. The second-order valence-electron chi connectivity index (χ2n) is 15.1. The van der Waals surface area contributed by atoms with Crippen LogP contribution in [0, 0.1) is 5.92 Å². The van der Waals surface area contributed by atoms with Crippen LogP contribution in [0.25, 0.3) is 10.8 Å². The van der Waals surface area contributed by atoms with Gasteiger partial charge in [0, 0.05) is 54.2 Å². The molecule has 0 radical (unpaired) electrons. The van der Waals surface area contributed by atoms with Gasteiger partial charge < -0.3 is 29.2 Å². The molecule has 4 aromatic rings. The molecule has 4 atom stereocenters. The van der Waals surface area contributed by atoms with E-state index in [1.54, 1.807) is 14.7 Å². The van der Waals surface area contributed by atoms with Gasteiger partial charge in [-0.2, -0.15) is 0 Å². The highest BCUT2D eigenvalue weighted by molar-refractivity contribution is 6.71. The SMILES string of the molecule is COC(=O)CCCCN1C(=O)[C@]2(O[C@H](CC(=O)N(CCO)Cc3ccccc3)[C@@H]([Si](C)(C)O)[C@@H]2C)c2cc(N3C(=O)c4cccc5cccc3c45)ccc21. The summed E-state index contributed by atoms with van der Waals surface area (Å²) in [5, 5.41) is 11.7. The number of benzene rings is 4. The zero-order chi connectivity index (χ0) is 38.4. The van der Waals surface area contributed by atoms with Gasteiger partial charge in [0.1, 0.15) is 0 Å². The lowest BCUT2D eigenvalue weighted by Crippen LogP contribution is -2.46. The fourth-order valence-corrected chi connectivity index (χ4v) is 11.5. The Hall–Kier alpha value is -4.88. The molecule has 282 valence electrons. The van der Waals surface area contributed by atoms with Gasteiger partial charge in [0.05, 0.1) is 43.2 Å². The second-order valence-corrected chi connectivity index (χ2v) is 19.1. The van der Waals surface area contributed by atoms with Gasteiger partial charge in [-0.25, -0.2) is 0 Å². The minimum absolute atomic E-state index is 0.0933. The average Bonchev–Trinajstić information content (AvgIpc) is 3.71. The first-order valence-electron chi connectivity index (χ1n) is 18.6. The van der Waals surface area contributed by atoms with Crippen molar-refractivity contribution in [2.24, 2.45) is 5.92 Å². The van der Waals surface area contributed by atoms with Crippen LogP contribution in [0.4, 0.5) is 17.1 Å². The van der Waals surface area contributed by atoms with Crippen molar-refractivity contribution in [3.05, 3.63) is 102 Å². The Bertz CT molecular complexity index is 2100. The van der Waals surface area contributed by atoms with Crippen molar-refractivity contribution in [3.63, 3.8) is 0 Å². The molecule has 4 aromatic carbocycles. The molecule has 1 saturated heterocycles. The van der Waals surface area contributed by atoms with Gasteiger partial charge in [0.25, 0.3) is 11.8 Å². The monoisotopic (exact) mass is 749 g/mol. The van der Waals surface area contributed by atoms with Crippen molar-refractivity contribution < 1.29 is 38.6 Å². The number of fused-ring (bicyclic) bond motifs is 2. The van der Waals surface area contributed by atoms with E-state index >= 15 is 4.79 Å². The summed E-state index contributed by atoms with van der Waals surface area (Å²) in [6.45, 7) is 6.04. The third-order valence-electron chi connectivity index (χ3n) is 11.3. The molecule has 7 rings (SSSR count). The van der Waals surface area contributed by atoms with E-state index in [0.717, 1.165) is 22.0 Å². The fraction of sp³-hybridized carbons (Fsp3) is 0.381. The molecular weight excluding hydrogens is 703 g/mol. The first-order chi connectivity index (χ1) is 25.9. The molecule has 0 aromatic heterocycles. The number of hydrogen-bond donors (Lipinski definition) is 2. The maximum Gasteiger partial charge on any atom is 0.305 e. The summed E-state index contributed by atoms with van der Waals surface area (Å²) in [4.78, 5) is 71.8. The Balaban J connectivity index is 1.28. The molecule has 54 heavy (non-hydrogen) atoms. The fourth-order valence-electron chi connectivity index (χ4n) is 8.96. The normalized spacial score (nSPS) is 21.7. The number of rotatable bonds is 13. The average molecular weight is 750 g/mol. The number of unbranched alkanes of at least 4 members (excludes halogenated alkanes) is 1. The summed E-state index contributed by atoms with van der Waals surface area (Å²) in [7, 11) is -1.77. The van der Waals surface area contributed by atoms with Crippen LogP contribution in [0.1, 0.15) is 54.1 Å². The molecule has 3 amide bonds. The van der Waals surface area contributed by atoms with Crippen molar-refractivity contribution in [1.29, 1.82) is 0 Å². The van der Waals surface area contributed by atoms with Crippen molar-refractivity contribution in [2.45, 2.75) is 69.5 Å². The standard InChI is InChI=1S/C42H47N3O8Si/c1-27-39(54(3,4)51)35(25-36(47)43(22-23-46)26-28-12-6-5-7-13-28)53-42(27)32-24-30(19-20-33(32)44(41(42)50)21-9-8-18-37(48)52-2)45-34-17-11-15-29-14-10-16-31(38(29)34)40(45)49/h5-7,10-17,19-20,24,27,35,39,46,51H,8-9,18,21-23,25-26H2,1-4H3/t27-,35+,39-,42+/m0/s1. The highest BCUT2D eigenvalue weighted by Crippen LogP contribution is 2.60. The van der Waals surface area contributed by atoms with Gasteiger partial charge in [-0.1, -0.05) is 61.5 Å². The largest absolute Gasteiger partial charge is 0.469 e. The number of carbonyl (C=O) groups is 4. The molecule has 2 N–H and O–H groups in total. The number of aliphatic hydroxyl groups is 1. The maximum absolute atomic E-state index is 15.0. The molecule has 3 heterocycles. The number of hydrogen-bond acceptors (Lipinski definition) is 8. The van der Waals surface area contributed by atoms with Crippen LogP contribution in [0.3, 0.4) is 0 Å². The number of nitrogens with zero attached hydrogens (tertiary/aromatic N) is 3. The first-order valence-corrected chi connectivity index (χ1v) is 21.7. The molecular formula is C42H47N3O8Si. The van der Waals surface area contributed by atoms with Crippen LogP contribution in [0.15, 0.2) is 84.9 Å². The van der Waals surface area contributed by atoms with Crippen LogP contribution in [0.5, 0.6) is 0 Å². The number of esters is 1. The Kier molecular flexibility index (Phi) is 10.2. The maximum atomic E-state index is 15.0. The first kappa shape index (κ1) is 37.4. The van der Waals surface area contributed by atoms with Crippen molar-refractivity contribution in [3.8, 4) is 0 Å². The van der Waals surface area contributed by atoms with Crippen LogP contribution < -0.4 is 9.80 Å². The molecule has 11 nitrogen and oxygen atoms in total. The molecule has 3 aliphatic rings. The highest BCUT2D eigenvalue weighted by atomic mass is 28.4. The number of ether oxygens (including phenoxy) is 2. The summed E-state index contributed by atoms with van der Waals surface area (Å²) < 4.78 is 11.8. The zero-order valence-corrected chi connectivity index (χ0v) is 32.2. The van der Waals surface area contributed by atoms with Crippen LogP contribution in [0.2, 0.25) is 18.6 Å². The third kappa shape index (κ3) is 6.40. The van der Waals surface area contributed by atoms with E-state index in [-0.39, 0.29) is 49.7 Å². The predicted octanol–water partition coefficient (Wildman–Crippen LogP) is 6.03. The quantitative estimate of drug-likeness (QED) is 0.0961. The van der Waals surface area contributed by atoms with Gasteiger partial charge in [-0.15, -0.1) is 0 Å². The minimum Gasteiger partial charge on any atom is -0.469 e. The molecule has 0 bridgehead atoms. The molecule has 0 aliphatic carbocycles. The minimum atomic E-state index is -3.12. The smallest absolute Gasteiger partial charge is 0.305 e. The number of carbonyl (C=O) groups excluding carboxylic acids is 4. The lowest BCUT2D eigenvalue weighted by molar-refractivity contribution is -0.149. The molecule has 1 spiro atoms. The van der Waals surface area contributed by atoms with Gasteiger partial charge >= 0.3 is 5.97 Å². The van der Waals surface area contributed by atoms with E-state index in [1.807, 2.05) is 105 Å². The molecule has 12 heteroatoms. The molecule has 0 unspecified atom stereocenters. The second kappa shape index (κ2) is 14.7. The Morgan fingerprint density at radius 3 is 2.41 bits per heavy atom. The predicted molar refractivity (Wildman–Crippen MR) is 208 cm³/mol. The molecule has 3 aliphatic heterocycles. The molecule has 1 fully saturated rings. The summed E-state index contributed by atoms with van der Waals surface area (Å²) in [6, 6.07) is 26.6. The van der Waals surface area contributed by atoms with Crippen LogP contribution >= 0.6 is 0 Å². The number of aliphatic hydroxyl groups excluding tert-OH is 1. The van der Waals surface area contributed by atoms with Crippen LogP contribution in [-0.2, 0) is 36.0 Å². The van der Waals surface area contributed by atoms with E-state index < -0.39 is 31.5 Å². The van der Waals surface area contributed by atoms with E-state index in [9.17, 15) is 24.3 Å². The van der Waals surface area contributed by atoms with Gasteiger partial charge in [-0.3, -0.25) is 24.1 Å². The Morgan fingerprint density at radius 1 is 0.963 bits per heavy atom. The Labute approximate surface area is 316 Å². The zero-order valence-electron chi connectivity index (χ0n) is 31.2. The lowest BCUT2D eigenvalue weighted by atomic mass is 9.82. The highest BCUT2D eigenvalue weighted by Gasteiger charge is 2.66. The van der Waals surface area contributed by atoms with Gasteiger partial charge in [0.2, 0.25) is 5.91 Å². The number of methoxy groups -OCH3 is 1. The van der Waals surface area contributed by atoms with Crippen molar-refractivity contribution in [2.75, 3.05) is 36.6 Å². The van der Waals surface area contributed by atoms with E-state index in [1.165, 1.54) is 7.11 Å². The molecule has 0 saturated carbocycles. The van der Waals surface area contributed by atoms with E-state index in [2.05, 4.69) is 0 Å². The summed E-state index contributed by atoms with van der Waals surface area (Å²) in [5.74, 6) is -1.59. The third-order valence-corrected chi connectivity index (χ3v) is 13.8. The summed E-state index contributed by atoms with van der Waals surface area (Å²) >= 11 is 0.